The van der Waals surface area contributed by atoms with Crippen molar-refractivity contribution in [3.63, 3.8) is 0 Å². The third-order valence-electron chi connectivity index (χ3n) is 7.65. The largest absolute Gasteiger partial charge is 0.493 e. The van der Waals surface area contributed by atoms with Crippen LogP contribution in [-0.2, 0) is 9.84 Å². The van der Waals surface area contributed by atoms with Gasteiger partial charge in [0.25, 0.3) is 0 Å². The summed E-state index contributed by atoms with van der Waals surface area (Å²) >= 11 is 0. The molecule has 0 amide bonds. The van der Waals surface area contributed by atoms with E-state index in [1.165, 1.54) is 6.21 Å². The highest BCUT2D eigenvalue weighted by atomic mass is 32.2. The van der Waals surface area contributed by atoms with E-state index < -0.39 is 26.8 Å². The summed E-state index contributed by atoms with van der Waals surface area (Å²) in [5, 5.41) is 9.68. The first-order chi connectivity index (χ1) is 16.5. The van der Waals surface area contributed by atoms with Crippen LogP contribution in [0.3, 0.4) is 0 Å². The van der Waals surface area contributed by atoms with Crippen LogP contribution in [0.15, 0.2) is 28.8 Å². The lowest BCUT2D eigenvalue weighted by molar-refractivity contribution is 0.316. The van der Waals surface area contributed by atoms with E-state index in [0.717, 1.165) is 39.3 Å². The SMILES string of the molecule is Cc1nc(C)c2c(c1C)C(c1ccc3c(c1)C1N=CCS(=O)(=O)C1CCO3)=C(C#N)C(C)(N)N2C. The lowest BCUT2D eigenvalue weighted by Gasteiger charge is -2.44. The molecule has 0 bridgehead atoms. The van der Waals surface area contributed by atoms with Gasteiger partial charge in [-0.25, -0.2) is 8.42 Å². The number of aliphatic imine (C=N–C) groups is 1. The fraction of sp³-hybridized carbons (Fsp3) is 0.423. The van der Waals surface area contributed by atoms with Crippen molar-refractivity contribution in [2.45, 2.75) is 51.1 Å². The van der Waals surface area contributed by atoms with Crippen LogP contribution in [0.5, 0.6) is 5.75 Å². The van der Waals surface area contributed by atoms with Gasteiger partial charge in [-0.2, -0.15) is 5.26 Å². The summed E-state index contributed by atoms with van der Waals surface area (Å²) in [7, 11) is -1.44. The molecule has 3 atom stereocenters. The second kappa shape index (κ2) is 7.90. The van der Waals surface area contributed by atoms with Crippen LogP contribution in [0, 0.1) is 32.1 Å². The van der Waals surface area contributed by atoms with E-state index in [-0.39, 0.29) is 5.75 Å². The minimum Gasteiger partial charge on any atom is -0.493 e. The molecule has 0 radical (unpaired) electrons. The van der Waals surface area contributed by atoms with Gasteiger partial charge in [-0.1, -0.05) is 6.07 Å². The van der Waals surface area contributed by atoms with Gasteiger partial charge in [0.05, 0.1) is 46.7 Å². The number of rotatable bonds is 1. The molecule has 0 aliphatic carbocycles. The van der Waals surface area contributed by atoms with Crippen molar-refractivity contribution in [1.29, 1.82) is 5.26 Å². The van der Waals surface area contributed by atoms with Gasteiger partial charge < -0.3 is 15.4 Å². The molecule has 3 unspecified atom stereocenters. The molecular weight excluding hydrogens is 462 g/mol. The number of ether oxygens (including phenoxy) is 1. The van der Waals surface area contributed by atoms with Gasteiger partial charge >= 0.3 is 0 Å². The molecule has 2 aromatic rings. The first-order valence-corrected chi connectivity index (χ1v) is 13.4. The number of nitriles is 1. The highest BCUT2D eigenvalue weighted by Gasteiger charge is 2.43. The van der Waals surface area contributed by atoms with E-state index >= 15 is 0 Å². The van der Waals surface area contributed by atoms with E-state index in [2.05, 4.69) is 11.1 Å². The lowest BCUT2D eigenvalue weighted by Crippen LogP contribution is -2.56. The van der Waals surface area contributed by atoms with E-state index in [4.69, 9.17) is 15.5 Å². The standard InChI is InChI=1S/C26H29N5O3S/c1-14-15(2)30-16(3)25-22(14)23(19(13-27)26(4,28)31(25)5)17-6-7-20-18(12-17)24-21(8-10-34-20)35(32,33)11-9-29-24/h6-7,9,12,21,24H,8,10-11,28H2,1-5H3. The molecule has 9 heteroatoms. The molecule has 3 aliphatic rings. The first kappa shape index (κ1) is 23.5. The molecule has 182 valence electrons. The van der Waals surface area contributed by atoms with Crippen LogP contribution < -0.4 is 15.4 Å². The Balaban J connectivity index is 1.82. The smallest absolute Gasteiger partial charge is 0.160 e. The Morgan fingerprint density at radius 2 is 2.00 bits per heavy atom. The van der Waals surface area contributed by atoms with Crippen LogP contribution in [0.2, 0.25) is 0 Å². The Labute approximate surface area is 206 Å². The summed E-state index contributed by atoms with van der Waals surface area (Å²) in [4.78, 5) is 11.2. The van der Waals surface area contributed by atoms with Gasteiger partial charge in [0.1, 0.15) is 11.4 Å². The fourth-order valence-electron chi connectivity index (χ4n) is 5.53. The van der Waals surface area contributed by atoms with Gasteiger partial charge in [-0.3, -0.25) is 9.98 Å². The van der Waals surface area contributed by atoms with Crippen molar-refractivity contribution in [1.82, 2.24) is 4.98 Å². The van der Waals surface area contributed by atoms with Crippen molar-refractivity contribution < 1.29 is 13.2 Å². The summed E-state index contributed by atoms with van der Waals surface area (Å²) in [5.41, 5.74) is 12.9. The van der Waals surface area contributed by atoms with Crippen molar-refractivity contribution in [2.24, 2.45) is 10.7 Å². The number of nitrogens with zero attached hydrogens (tertiary/aromatic N) is 4. The van der Waals surface area contributed by atoms with E-state index in [1.54, 1.807) is 0 Å². The second-order valence-corrected chi connectivity index (χ2v) is 12.0. The normalized spacial score (nSPS) is 26.7. The van der Waals surface area contributed by atoms with Crippen molar-refractivity contribution >= 4 is 27.3 Å². The van der Waals surface area contributed by atoms with Crippen LogP contribution in [0.4, 0.5) is 5.69 Å². The Morgan fingerprint density at radius 3 is 2.71 bits per heavy atom. The Kier molecular flexibility index (Phi) is 5.31. The van der Waals surface area contributed by atoms with Crippen molar-refractivity contribution in [2.75, 3.05) is 24.3 Å². The highest BCUT2D eigenvalue weighted by molar-refractivity contribution is 7.92. The van der Waals surface area contributed by atoms with E-state index in [1.807, 2.05) is 57.8 Å². The third kappa shape index (κ3) is 3.39. The first-order valence-electron chi connectivity index (χ1n) is 11.6. The van der Waals surface area contributed by atoms with Crippen molar-refractivity contribution in [3.05, 3.63) is 57.4 Å². The maximum absolute atomic E-state index is 12.8. The number of pyridine rings is 1. The summed E-state index contributed by atoms with van der Waals surface area (Å²) in [6.45, 7) is 8.04. The average molecular weight is 492 g/mol. The molecule has 0 fully saturated rings. The van der Waals surface area contributed by atoms with Gasteiger partial charge in [0, 0.05) is 42.1 Å². The minimum atomic E-state index is -3.32. The number of anilines is 1. The summed E-state index contributed by atoms with van der Waals surface area (Å²) in [6, 6.07) is 7.53. The third-order valence-corrected chi connectivity index (χ3v) is 9.68. The maximum atomic E-state index is 12.8. The Morgan fingerprint density at radius 1 is 1.26 bits per heavy atom. The molecule has 8 nitrogen and oxygen atoms in total. The quantitative estimate of drug-likeness (QED) is 0.650. The van der Waals surface area contributed by atoms with E-state index in [9.17, 15) is 13.7 Å². The summed E-state index contributed by atoms with van der Waals surface area (Å²) < 4.78 is 31.6. The van der Waals surface area contributed by atoms with Gasteiger partial charge in [-0.05, 0) is 51.0 Å². The molecule has 1 aromatic carbocycles. The molecule has 5 rings (SSSR count). The number of fused-ring (bicyclic) bond motifs is 4. The number of benzene rings is 1. The highest BCUT2D eigenvalue weighted by Crippen LogP contribution is 2.48. The van der Waals surface area contributed by atoms with Gasteiger partial charge in [0.2, 0.25) is 0 Å². The topological polar surface area (TPSA) is 122 Å². The number of nitrogens with two attached hydrogens (primary N) is 1. The number of aromatic nitrogens is 1. The van der Waals surface area contributed by atoms with Crippen LogP contribution >= 0.6 is 0 Å². The average Bonchev–Trinajstić information content (AvgIpc) is 2.98. The fourth-order valence-corrected chi connectivity index (χ4v) is 7.13. The van der Waals surface area contributed by atoms with E-state index in [0.29, 0.717) is 29.9 Å². The molecule has 35 heavy (non-hydrogen) atoms. The zero-order chi connectivity index (χ0) is 25.3. The summed E-state index contributed by atoms with van der Waals surface area (Å²) in [6.07, 6.45) is 1.88. The number of likely N-dealkylation sites (N-methyl/N-ethyl adjacent to an activating group) is 1. The van der Waals surface area contributed by atoms with Crippen LogP contribution in [0.1, 0.15) is 53.0 Å². The van der Waals surface area contributed by atoms with Gasteiger partial charge in [-0.15, -0.1) is 0 Å². The number of hydrogen-bond acceptors (Lipinski definition) is 8. The molecule has 0 saturated carbocycles. The van der Waals surface area contributed by atoms with Crippen LogP contribution in [-0.4, -0.2) is 49.9 Å². The number of aryl methyl sites for hydroxylation is 2. The number of hydrogen-bond donors (Lipinski definition) is 1. The van der Waals surface area contributed by atoms with Crippen molar-refractivity contribution in [3.8, 4) is 11.8 Å². The lowest BCUT2D eigenvalue weighted by atomic mass is 9.79. The molecule has 1 aromatic heterocycles. The summed E-state index contributed by atoms with van der Waals surface area (Å²) in [5.74, 6) is 0.570. The monoisotopic (exact) mass is 491 g/mol. The molecule has 4 heterocycles. The second-order valence-electron chi connectivity index (χ2n) is 9.73. The molecule has 3 aliphatic heterocycles. The van der Waals surface area contributed by atoms with Crippen LogP contribution in [0.25, 0.3) is 5.57 Å². The predicted octanol–water partition coefficient (Wildman–Crippen LogP) is 3.15. The molecule has 0 saturated heterocycles. The Bertz CT molecular complexity index is 1470. The zero-order valence-electron chi connectivity index (χ0n) is 20.6. The zero-order valence-corrected chi connectivity index (χ0v) is 21.4. The molecule has 2 N–H and O–H groups in total. The Hall–Kier alpha value is -3.22. The van der Waals surface area contributed by atoms with Gasteiger partial charge in [0.15, 0.2) is 9.84 Å². The number of sulfone groups is 1. The molecular formula is C26H29N5O3S. The maximum Gasteiger partial charge on any atom is 0.160 e. The minimum absolute atomic E-state index is 0.0527. The predicted molar refractivity (Wildman–Crippen MR) is 136 cm³/mol. The molecule has 0 spiro atoms.